The molecular formula is C18H21NO4. The van der Waals surface area contributed by atoms with E-state index in [1.165, 1.54) is 0 Å². The van der Waals surface area contributed by atoms with Crippen molar-refractivity contribution in [2.24, 2.45) is 0 Å². The van der Waals surface area contributed by atoms with Crippen LogP contribution in [0.25, 0.3) is 11.3 Å². The van der Waals surface area contributed by atoms with Gasteiger partial charge in [0.1, 0.15) is 29.4 Å². The molecule has 1 aromatic carbocycles. The molecule has 0 fully saturated rings. The first-order valence-electron chi connectivity index (χ1n) is 7.40. The molecule has 0 aliphatic rings. The van der Waals surface area contributed by atoms with Crippen LogP contribution in [0.3, 0.4) is 0 Å². The Morgan fingerprint density at radius 3 is 2.39 bits per heavy atom. The van der Waals surface area contributed by atoms with Crippen LogP contribution in [0.4, 0.5) is 4.79 Å². The highest BCUT2D eigenvalue weighted by atomic mass is 16.6. The van der Waals surface area contributed by atoms with Gasteiger partial charge in [0.15, 0.2) is 0 Å². The van der Waals surface area contributed by atoms with Gasteiger partial charge in [0.05, 0.1) is 0 Å². The van der Waals surface area contributed by atoms with E-state index >= 15 is 0 Å². The fourth-order valence-corrected chi connectivity index (χ4v) is 2.00. The lowest BCUT2D eigenvalue weighted by Gasteiger charge is -2.20. The number of ether oxygens (including phenoxy) is 1. The van der Waals surface area contributed by atoms with Crippen LogP contribution in [0.15, 0.2) is 40.8 Å². The van der Waals surface area contributed by atoms with Crippen LogP contribution in [0.2, 0.25) is 0 Å². The largest absolute Gasteiger partial charge is 0.458 e. The van der Waals surface area contributed by atoms with Crippen molar-refractivity contribution in [3.05, 3.63) is 47.7 Å². The SMILES string of the molecule is Cc1ccc(-c2ccc(C(C=O)NC(=O)OC(C)(C)C)o2)cc1. The molecule has 1 unspecified atom stereocenters. The van der Waals surface area contributed by atoms with Crippen molar-refractivity contribution in [1.82, 2.24) is 5.32 Å². The van der Waals surface area contributed by atoms with Crippen molar-refractivity contribution < 1.29 is 18.7 Å². The van der Waals surface area contributed by atoms with Crippen LogP contribution in [0, 0.1) is 6.92 Å². The van der Waals surface area contributed by atoms with Gasteiger partial charge in [-0.3, -0.25) is 0 Å². The van der Waals surface area contributed by atoms with Gasteiger partial charge in [-0.05, 0) is 39.8 Å². The predicted octanol–water partition coefficient (Wildman–Crippen LogP) is 4.02. The number of alkyl carbamates (subject to hydrolysis) is 1. The maximum atomic E-state index is 11.8. The van der Waals surface area contributed by atoms with Crippen LogP contribution in [0.1, 0.15) is 38.1 Å². The second-order valence-corrected chi connectivity index (χ2v) is 6.33. The summed E-state index contributed by atoms with van der Waals surface area (Å²) in [6.45, 7) is 7.27. The maximum Gasteiger partial charge on any atom is 0.408 e. The Kier molecular flexibility index (Phi) is 4.89. The molecule has 2 rings (SSSR count). The number of furan rings is 1. The molecule has 0 radical (unpaired) electrons. The molecule has 1 amide bonds. The molecule has 1 heterocycles. The van der Waals surface area contributed by atoms with Crippen molar-refractivity contribution in [1.29, 1.82) is 0 Å². The van der Waals surface area contributed by atoms with E-state index in [1.807, 2.05) is 31.2 Å². The lowest BCUT2D eigenvalue weighted by Crippen LogP contribution is -2.35. The zero-order valence-corrected chi connectivity index (χ0v) is 13.8. The van der Waals surface area contributed by atoms with E-state index in [4.69, 9.17) is 9.15 Å². The summed E-state index contributed by atoms with van der Waals surface area (Å²) < 4.78 is 10.8. The molecule has 1 aromatic heterocycles. The minimum absolute atomic E-state index is 0.362. The van der Waals surface area contributed by atoms with Gasteiger partial charge in [-0.15, -0.1) is 0 Å². The van der Waals surface area contributed by atoms with E-state index in [1.54, 1.807) is 32.9 Å². The molecule has 0 aliphatic heterocycles. The number of aldehydes is 1. The summed E-state index contributed by atoms with van der Waals surface area (Å²) in [6, 6.07) is 10.4. The van der Waals surface area contributed by atoms with Gasteiger partial charge in [0.2, 0.25) is 0 Å². The Bertz CT molecular complexity index is 680. The summed E-state index contributed by atoms with van der Waals surface area (Å²) in [5, 5.41) is 2.49. The van der Waals surface area contributed by atoms with Gasteiger partial charge in [0, 0.05) is 5.56 Å². The van der Waals surface area contributed by atoms with E-state index in [2.05, 4.69) is 5.32 Å². The lowest BCUT2D eigenvalue weighted by atomic mass is 10.1. The zero-order valence-electron chi connectivity index (χ0n) is 13.8. The molecule has 0 spiro atoms. The molecule has 0 aliphatic carbocycles. The molecule has 0 bridgehead atoms. The first-order chi connectivity index (χ1) is 10.8. The van der Waals surface area contributed by atoms with Crippen molar-refractivity contribution in [2.45, 2.75) is 39.3 Å². The number of carbonyl (C=O) groups excluding carboxylic acids is 2. The molecule has 5 nitrogen and oxygen atoms in total. The lowest BCUT2D eigenvalue weighted by molar-refractivity contribution is -0.110. The van der Waals surface area contributed by atoms with Crippen LogP contribution >= 0.6 is 0 Å². The Morgan fingerprint density at radius 2 is 1.83 bits per heavy atom. The summed E-state index contributed by atoms with van der Waals surface area (Å²) in [5.74, 6) is 0.999. The molecule has 5 heteroatoms. The fraction of sp³-hybridized carbons (Fsp3) is 0.333. The monoisotopic (exact) mass is 315 g/mol. The number of benzene rings is 1. The summed E-state index contributed by atoms with van der Waals surface area (Å²) >= 11 is 0. The molecule has 23 heavy (non-hydrogen) atoms. The first-order valence-corrected chi connectivity index (χ1v) is 7.40. The molecular weight excluding hydrogens is 294 g/mol. The quantitative estimate of drug-likeness (QED) is 0.865. The number of aryl methyl sites for hydroxylation is 1. The summed E-state index contributed by atoms with van der Waals surface area (Å²) in [5.41, 5.74) is 1.43. The molecule has 2 aromatic rings. The van der Waals surface area contributed by atoms with Gasteiger partial charge in [0.25, 0.3) is 0 Å². The van der Waals surface area contributed by atoms with Crippen molar-refractivity contribution in [3.63, 3.8) is 0 Å². The van der Waals surface area contributed by atoms with Gasteiger partial charge in [-0.2, -0.15) is 0 Å². The Labute approximate surface area is 135 Å². The standard InChI is InChI=1S/C18H21NO4/c1-12-5-7-13(8-6-12)15-9-10-16(22-15)14(11-20)19-17(21)23-18(2,3)4/h5-11,14H,1-4H3,(H,19,21). The highest BCUT2D eigenvalue weighted by molar-refractivity contribution is 5.74. The van der Waals surface area contributed by atoms with Crippen LogP contribution in [0.5, 0.6) is 0 Å². The number of rotatable bonds is 4. The highest BCUT2D eigenvalue weighted by Gasteiger charge is 2.22. The smallest absolute Gasteiger partial charge is 0.408 e. The second kappa shape index (κ2) is 6.69. The number of carbonyl (C=O) groups is 2. The third kappa shape index (κ3) is 4.71. The van der Waals surface area contributed by atoms with E-state index < -0.39 is 17.7 Å². The average molecular weight is 315 g/mol. The second-order valence-electron chi connectivity index (χ2n) is 6.33. The molecule has 0 saturated carbocycles. The van der Waals surface area contributed by atoms with Crippen molar-refractivity contribution >= 4 is 12.4 Å². The molecule has 1 N–H and O–H groups in total. The Morgan fingerprint density at radius 1 is 1.17 bits per heavy atom. The highest BCUT2D eigenvalue weighted by Crippen LogP contribution is 2.25. The molecule has 122 valence electrons. The van der Waals surface area contributed by atoms with Crippen LogP contribution in [-0.2, 0) is 9.53 Å². The summed E-state index contributed by atoms with van der Waals surface area (Å²) in [6.07, 6.45) is -0.0512. The number of nitrogens with one attached hydrogen (secondary N) is 1. The summed E-state index contributed by atoms with van der Waals surface area (Å²) in [7, 11) is 0. The van der Waals surface area contributed by atoms with E-state index in [9.17, 15) is 9.59 Å². The van der Waals surface area contributed by atoms with Crippen molar-refractivity contribution in [2.75, 3.05) is 0 Å². The Balaban J connectivity index is 2.12. The first kappa shape index (κ1) is 16.8. The van der Waals surface area contributed by atoms with Gasteiger partial charge in [-0.25, -0.2) is 4.79 Å². The normalized spacial score (nSPS) is 12.5. The summed E-state index contributed by atoms with van der Waals surface area (Å²) in [4.78, 5) is 23.0. The minimum Gasteiger partial charge on any atom is -0.458 e. The van der Waals surface area contributed by atoms with Gasteiger partial charge >= 0.3 is 6.09 Å². The third-order valence-corrected chi connectivity index (χ3v) is 3.08. The van der Waals surface area contributed by atoms with Gasteiger partial charge < -0.3 is 19.3 Å². The zero-order chi connectivity index (χ0) is 17.0. The predicted molar refractivity (Wildman–Crippen MR) is 87.1 cm³/mol. The number of amides is 1. The number of hydrogen-bond acceptors (Lipinski definition) is 4. The Hall–Kier alpha value is -2.56. The third-order valence-electron chi connectivity index (χ3n) is 3.08. The number of hydrogen-bond donors (Lipinski definition) is 1. The van der Waals surface area contributed by atoms with Crippen LogP contribution < -0.4 is 5.32 Å². The van der Waals surface area contributed by atoms with Gasteiger partial charge in [-0.1, -0.05) is 29.8 Å². The van der Waals surface area contributed by atoms with E-state index in [-0.39, 0.29) is 0 Å². The minimum atomic E-state index is -0.885. The maximum absolute atomic E-state index is 11.8. The fourth-order valence-electron chi connectivity index (χ4n) is 2.00. The van der Waals surface area contributed by atoms with E-state index in [0.29, 0.717) is 17.8 Å². The average Bonchev–Trinajstić information content (AvgIpc) is 2.93. The van der Waals surface area contributed by atoms with Crippen molar-refractivity contribution in [3.8, 4) is 11.3 Å². The topological polar surface area (TPSA) is 68.5 Å². The molecule has 1 atom stereocenters. The van der Waals surface area contributed by atoms with Crippen LogP contribution in [-0.4, -0.2) is 18.0 Å². The van der Waals surface area contributed by atoms with E-state index in [0.717, 1.165) is 11.1 Å². The molecule has 0 saturated heterocycles.